The second kappa shape index (κ2) is 4.63. The van der Waals surface area contributed by atoms with Gasteiger partial charge in [-0.3, -0.25) is 14.7 Å². The molecule has 5 nitrogen and oxygen atoms in total. The SMILES string of the molecule is CC(=O)OC1C2C3C[C@H]4C5=Nc6ccccc6[C@]51CC2N4C(C)C3C=O. The van der Waals surface area contributed by atoms with E-state index in [2.05, 4.69) is 30.0 Å². The van der Waals surface area contributed by atoms with Crippen molar-refractivity contribution in [1.82, 2.24) is 4.90 Å². The Morgan fingerprint density at radius 2 is 2.19 bits per heavy atom. The van der Waals surface area contributed by atoms with Crippen LogP contribution in [0.4, 0.5) is 5.69 Å². The van der Waals surface area contributed by atoms with Gasteiger partial charge >= 0.3 is 5.97 Å². The normalized spacial score (nSPS) is 48.8. The monoisotopic (exact) mass is 350 g/mol. The largest absolute Gasteiger partial charge is 0.461 e. The summed E-state index contributed by atoms with van der Waals surface area (Å²) in [6, 6.07) is 9.21. The minimum atomic E-state index is -0.287. The van der Waals surface area contributed by atoms with Crippen molar-refractivity contribution >= 4 is 23.7 Å². The van der Waals surface area contributed by atoms with Crippen LogP contribution in [-0.2, 0) is 19.7 Å². The van der Waals surface area contributed by atoms with Crippen LogP contribution in [0.5, 0.6) is 0 Å². The number of esters is 1. The molecule has 134 valence electrons. The maximum absolute atomic E-state index is 12.0. The molecule has 6 aliphatic rings. The summed E-state index contributed by atoms with van der Waals surface area (Å²) in [4.78, 5) is 31.5. The quantitative estimate of drug-likeness (QED) is 0.606. The summed E-state index contributed by atoms with van der Waals surface area (Å²) in [5, 5.41) is 0. The number of para-hydroxylation sites is 1. The Labute approximate surface area is 152 Å². The van der Waals surface area contributed by atoms with E-state index in [1.54, 1.807) is 0 Å². The Balaban J connectivity index is 1.61. The number of carbonyl (C=O) groups excluding carboxylic acids is 2. The lowest BCUT2D eigenvalue weighted by Gasteiger charge is -2.60. The number of aliphatic imine (C=N–C) groups is 1. The van der Waals surface area contributed by atoms with E-state index in [1.807, 2.05) is 6.07 Å². The third-order valence-electron chi connectivity index (χ3n) is 7.91. The summed E-state index contributed by atoms with van der Waals surface area (Å²) in [5.74, 6) is 0.299. The number of aldehydes is 1. The van der Waals surface area contributed by atoms with Gasteiger partial charge in [-0.15, -0.1) is 0 Å². The van der Waals surface area contributed by atoms with Gasteiger partial charge in [-0.05, 0) is 37.3 Å². The van der Waals surface area contributed by atoms with Gasteiger partial charge in [-0.25, -0.2) is 0 Å². The van der Waals surface area contributed by atoms with Crippen molar-refractivity contribution in [2.75, 3.05) is 0 Å². The predicted molar refractivity (Wildman–Crippen MR) is 95.4 cm³/mol. The maximum Gasteiger partial charge on any atom is 0.302 e. The second-order valence-electron chi connectivity index (χ2n) is 8.68. The molecule has 1 saturated carbocycles. The molecule has 7 rings (SSSR count). The lowest BCUT2D eigenvalue weighted by atomic mass is 9.62. The topological polar surface area (TPSA) is 59.0 Å². The average molecular weight is 350 g/mol. The molecule has 5 heterocycles. The summed E-state index contributed by atoms with van der Waals surface area (Å²) >= 11 is 0. The highest BCUT2D eigenvalue weighted by molar-refractivity contribution is 6.08. The number of piperidine rings is 4. The van der Waals surface area contributed by atoms with Crippen LogP contribution in [0.2, 0.25) is 0 Å². The van der Waals surface area contributed by atoms with Crippen molar-refractivity contribution in [2.24, 2.45) is 22.7 Å². The Hall–Kier alpha value is -2.01. The number of benzene rings is 1. The number of nitrogens with zero attached hydrogens (tertiary/aromatic N) is 2. The van der Waals surface area contributed by atoms with Crippen molar-refractivity contribution in [3.05, 3.63) is 29.8 Å². The molecule has 5 bridgehead atoms. The molecule has 1 spiro atoms. The molecule has 5 fully saturated rings. The van der Waals surface area contributed by atoms with Gasteiger partial charge in [0, 0.05) is 30.8 Å². The molecule has 26 heavy (non-hydrogen) atoms. The first-order chi connectivity index (χ1) is 12.6. The van der Waals surface area contributed by atoms with Gasteiger partial charge in [-0.1, -0.05) is 18.2 Å². The highest BCUT2D eigenvalue weighted by Gasteiger charge is 2.75. The summed E-state index contributed by atoms with van der Waals surface area (Å²) in [5.41, 5.74) is 3.15. The predicted octanol–water partition coefficient (Wildman–Crippen LogP) is 2.25. The molecule has 5 aliphatic heterocycles. The van der Waals surface area contributed by atoms with Crippen molar-refractivity contribution < 1.29 is 14.3 Å². The van der Waals surface area contributed by atoms with Crippen LogP contribution < -0.4 is 0 Å². The highest BCUT2D eigenvalue weighted by Crippen LogP contribution is 2.67. The zero-order valence-electron chi connectivity index (χ0n) is 15.0. The molecular formula is C21H22N2O3. The van der Waals surface area contributed by atoms with E-state index >= 15 is 0 Å². The first-order valence-electron chi connectivity index (χ1n) is 9.66. The molecular weight excluding hydrogens is 328 g/mol. The van der Waals surface area contributed by atoms with Crippen LogP contribution in [0.1, 0.15) is 32.3 Å². The molecule has 0 amide bonds. The smallest absolute Gasteiger partial charge is 0.302 e. The van der Waals surface area contributed by atoms with Gasteiger partial charge in [0.15, 0.2) is 0 Å². The maximum atomic E-state index is 12.0. The Morgan fingerprint density at radius 3 is 2.96 bits per heavy atom. The number of hydrogen-bond acceptors (Lipinski definition) is 5. The van der Waals surface area contributed by atoms with Gasteiger partial charge in [0.1, 0.15) is 12.4 Å². The van der Waals surface area contributed by atoms with E-state index in [0.29, 0.717) is 6.04 Å². The summed E-state index contributed by atoms with van der Waals surface area (Å²) in [6.07, 6.45) is 2.85. The lowest BCUT2D eigenvalue weighted by molar-refractivity contribution is -0.159. The molecule has 5 heteroatoms. The molecule has 9 atom stereocenters. The highest BCUT2D eigenvalue weighted by atomic mass is 16.5. The number of carbonyl (C=O) groups is 2. The van der Waals surface area contributed by atoms with Crippen LogP contribution in [0.25, 0.3) is 0 Å². The van der Waals surface area contributed by atoms with Crippen LogP contribution in [0.15, 0.2) is 29.3 Å². The average Bonchev–Trinajstić information content (AvgIpc) is 3.08. The summed E-state index contributed by atoms with van der Waals surface area (Å²) in [6.45, 7) is 3.69. The molecule has 0 N–H and O–H groups in total. The number of rotatable bonds is 2. The van der Waals surface area contributed by atoms with E-state index < -0.39 is 0 Å². The van der Waals surface area contributed by atoms with Gasteiger partial charge in [-0.2, -0.15) is 0 Å². The molecule has 1 aromatic rings. The zero-order chi connectivity index (χ0) is 17.8. The summed E-state index contributed by atoms with van der Waals surface area (Å²) in [7, 11) is 0. The van der Waals surface area contributed by atoms with Crippen molar-refractivity contribution in [3.8, 4) is 0 Å². The Bertz CT molecular complexity index is 880. The minimum absolute atomic E-state index is 0.0235. The van der Waals surface area contributed by atoms with Gasteiger partial charge in [0.25, 0.3) is 0 Å². The first-order valence-corrected chi connectivity index (χ1v) is 9.66. The second-order valence-corrected chi connectivity index (χ2v) is 8.68. The molecule has 7 unspecified atom stereocenters. The molecule has 0 aromatic heterocycles. The lowest BCUT2D eigenvalue weighted by Crippen LogP contribution is -2.69. The number of hydrogen-bond donors (Lipinski definition) is 0. The van der Waals surface area contributed by atoms with Crippen LogP contribution >= 0.6 is 0 Å². The van der Waals surface area contributed by atoms with E-state index in [0.717, 1.165) is 24.8 Å². The third kappa shape index (κ3) is 1.44. The van der Waals surface area contributed by atoms with E-state index in [4.69, 9.17) is 9.73 Å². The van der Waals surface area contributed by atoms with Gasteiger partial charge in [0.05, 0.1) is 22.9 Å². The molecule has 1 aromatic carbocycles. The Morgan fingerprint density at radius 1 is 1.38 bits per heavy atom. The van der Waals surface area contributed by atoms with E-state index in [9.17, 15) is 9.59 Å². The fourth-order valence-electron chi connectivity index (χ4n) is 7.28. The van der Waals surface area contributed by atoms with Gasteiger partial charge < -0.3 is 9.53 Å². The van der Waals surface area contributed by atoms with Gasteiger partial charge in [0.2, 0.25) is 0 Å². The van der Waals surface area contributed by atoms with Crippen LogP contribution in [0.3, 0.4) is 0 Å². The van der Waals surface area contributed by atoms with Crippen molar-refractivity contribution in [3.63, 3.8) is 0 Å². The minimum Gasteiger partial charge on any atom is -0.461 e. The van der Waals surface area contributed by atoms with Crippen molar-refractivity contribution in [1.29, 1.82) is 0 Å². The molecule has 0 radical (unpaired) electrons. The third-order valence-corrected chi connectivity index (χ3v) is 7.91. The van der Waals surface area contributed by atoms with Crippen molar-refractivity contribution in [2.45, 2.75) is 56.3 Å². The molecule has 1 aliphatic carbocycles. The van der Waals surface area contributed by atoms with E-state index in [-0.39, 0.29) is 47.3 Å². The standard InChI is InChI=1S/C21H22N2O3/c1-10-13(9-24)12-7-16-19-21(14-5-3-4-6-15(14)22-19)8-17(23(10)16)18(12)20(21)26-11(2)25/h3-6,9-10,12-13,16-18,20H,7-8H2,1-2H3/t10?,12?,13?,16-,17?,18?,20?,21+/m0/s1. The number of ether oxygens (including phenoxy) is 1. The van der Waals surface area contributed by atoms with E-state index in [1.165, 1.54) is 18.2 Å². The fourth-order valence-corrected chi connectivity index (χ4v) is 7.28. The van der Waals surface area contributed by atoms with Crippen LogP contribution in [0, 0.1) is 17.8 Å². The fraction of sp³-hybridized carbons (Fsp3) is 0.571. The number of fused-ring (bicyclic) bond motifs is 2. The van der Waals surface area contributed by atoms with Crippen LogP contribution in [-0.4, -0.2) is 47.1 Å². The summed E-state index contributed by atoms with van der Waals surface area (Å²) < 4.78 is 6.04. The molecule has 4 saturated heterocycles. The zero-order valence-corrected chi connectivity index (χ0v) is 15.0. The first kappa shape index (κ1) is 15.1. The Kier molecular flexibility index (Phi) is 2.69.